The number of benzene rings is 1. The maximum absolute atomic E-state index is 13.4. The first-order valence-electron chi connectivity index (χ1n) is 4.53. The monoisotopic (exact) mass is 202 g/mol. The number of fused-ring (bicyclic) bond motifs is 3. The van der Waals surface area contributed by atoms with Gasteiger partial charge in [0.15, 0.2) is 5.65 Å². The molecule has 1 aromatic carbocycles. The molecule has 0 aliphatic carbocycles. The summed E-state index contributed by atoms with van der Waals surface area (Å²) >= 11 is 0. The van der Waals surface area contributed by atoms with Gasteiger partial charge in [0.1, 0.15) is 0 Å². The van der Waals surface area contributed by atoms with Gasteiger partial charge in [0.2, 0.25) is 0 Å². The van der Waals surface area contributed by atoms with Crippen LogP contribution in [0, 0.1) is 13.0 Å². The Hall–Kier alpha value is -2.04. The van der Waals surface area contributed by atoms with Gasteiger partial charge in [-0.1, -0.05) is 17.2 Å². The third kappa shape index (κ3) is 1.03. The van der Waals surface area contributed by atoms with Crippen LogP contribution in [0.4, 0.5) is 4.39 Å². The van der Waals surface area contributed by atoms with E-state index in [0.717, 1.165) is 5.52 Å². The van der Waals surface area contributed by atoms with E-state index in [1.807, 2.05) is 18.2 Å². The van der Waals surface area contributed by atoms with Crippen LogP contribution in [0.15, 0.2) is 24.3 Å². The second-order valence-electron chi connectivity index (χ2n) is 3.31. The molecule has 0 unspecified atom stereocenters. The van der Waals surface area contributed by atoms with E-state index in [-0.39, 0.29) is 0 Å². The van der Waals surface area contributed by atoms with Gasteiger partial charge in [-0.15, -0.1) is 5.10 Å². The molecule has 0 aliphatic rings. The highest BCUT2D eigenvalue weighted by molar-refractivity contribution is 5.78. The van der Waals surface area contributed by atoms with Crippen molar-refractivity contribution >= 4 is 16.7 Å². The molecule has 2 aromatic heterocycles. The molecule has 0 aliphatic heterocycles. The fourth-order valence-corrected chi connectivity index (χ4v) is 1.69. The molecule has 0 radical (unpaired) electrons. The summed E-state index contributed by atoms with van der Waals surface area (Å²) in [6, 6.07) is 7.32. The van der Waals surface area contributed by atoms with Gasteiger partial charge in [0.05, 0.1) is 16.7 Å². The van der Waals surface area contributed by atoms with Crippen LogP contribution in [0.25, 0.3) is 16.7 Å². The minimum Gasteiger partial charge on any atom is -0.248 e. The Bertz CT molecular complexity index is 659. The molecular weight excluding hydrogens is 195 g/mol. The zero-order chi connectivity index (χ0) is 10.4. The number of halogens is 1. The van der Waals surface area contributed by atoms with Gasteiger partial charge >= 0.3 is 6.08 Å². The van der Waals surface area contributed by atoms with E-state index in [9.17, 15) is 4.39 Å². The zero-order valence-corrected chi connectivity index (χ0v) is 7.98. The van der Waals surface area contributed by atoms with Gasteiger partial charge < -0.3 is 0 Å². The minimum atomic E-state index is -0.605. The van der Waals surface area contributed by atoms with Crippen molar-refractivity contribution in [2.45, 2.75) is 6.92 Å². The first-order valence-corrected chi connectivity index (χ1v) is 4.53. The molecule has 5 heteroatoms. The Balaban J connectivity index is 2.67. The van der Waals surface area contributed by atoms with Crippen molar-refractivity contribution < 1.29 is 4.39 Å². The van der Waals surface area contributed by atoms with E-state index < -0.39 is 6.08 Å². The average Bonchev–Trinajstić information content (AvgIpc) is 2.62. The highest BCUT2D eigenvalue weighted by Gasteiger charge is 2.11. The number of nitrogens with zero attached hydrogens (tertiary/aromatic N) is 4. The third-order valence-electron chi connectivity index (χ3n) is 2.36. The van der Waals surface area contributed by atoms with Crippen LogP contribution < -0.4 is 0 Å². The summed E-state index contributed by atoms with van der Waals surface area (Å²) in [6.45, 7) is 1.79. The lowest BCUT2D eigenvalue weighted by Crippen LogP contribution is -1.97. The van der Waals surface area contributed by atoms with Gasteiger partial charge in [-0.25, -0.2) is 9.38 Å². The number of hydrogen-bond donors (Lipinski definition) is 0. The normalized spacial score (nSPS) is 11.3. The number of rotatable bonds is 0. The Kier molecular flexibility index (Phi) is 1.50. The van der Waals surface area contributed by atoms with Crippen molar-refractivity contribution in [2.24, 2.45) is 0 Å². The van der Waals surface area contributed by atoms with E-state index in [1.54, 1.807) is 13.0 Å². The summed E-state index contributed by atoms with van der Waals surface area (Å²) in [5, 5.41) is 7.16. The van der Waals surface area contributed by atoms with Crippen LogP contribution in [-0.4, -0.2) is 19.6 Å². The first kappa shape index (κ1) is 8.28. The molecule has 2 heterocycles. The average molecular weight is 202 g/mol. The predicted octanol–water partition coefficient (Wildman–Crippen LogP) is 1.73. The summed E-state index contributed by atoms with van der Waals surface area (Å²) < 4.78 is 14.8. The summed E-state index contributed by atoms with van der Waals surface area (Å²) in [4.78, 5) is 4.33. The van der Waals surface area contributed by atoms with E-state index in [0.29, 0.717) is 16.9 Å². The van der Waals surface area contributed by atoms with E-state index in [2.05, 4.69) is 15.2 Å². The van der Waals surface area contributed by atoms with Crippen molar-refractivity contribution in [3.8, 4) is 0 Å². The molecule has 15 heavy (non-hydrogen) atoms. The Labute approximate surface area is 84.4 Å². The third-order valence-corrected chi connectivity index (χ3v) is 2.36. The Morgan fingerprint density at radius 2 is 2.00 bits per heavy atom. The fraction of sp³-hybridized carbons (Fsp3) is 0.100. The predicted molar refractivity (Wildman–Crippen MR) is 53.0 cm³/mol. The van der Waals surface area contributed by atoms with Crippen molar-refractivity contribution in [3.05, 3.63) is 36.0 Å². The Morgan fingerprint density at radius 3 is 2.87 bits per heavy atom. The van der Waals surface area contributed by atoms with E-state index in [1.165, 1.54) is 4.40 Å². The number of hydrogen-bond acceptors (Lipinski definition) is 3. The van der Waals surface area contributed by atoms with Crippen LogP contribution in [0.5, 0.6) is 0 Å². The van der Waals surface area contributed by atoms with Crippen LogP contribution in [-0.2, 0) is 0 Å². The lowest BCUT2D eigenvalue weighted by atomic mass is 10.3. The van der Waals surface area contributed by atoms with E-state index >= 15 is 0 Å². The quantitative estimate of drug-likeness (QED) is 0.557. The minimum absolute atomic E-state index is 0.464. The highest BCUT2D eigenvalue weighted by Crippen LogP contribution is 2.16. The van der Waals surface area contributed by atoms with Crippen LogP contribution in [0.1, 0.15) is 5.69 Å². The molecule has 74 valence electrons. The highest BCUT2D eigenvalue weighted by atomic mass is 19.1. The van der Waals surface area contributed by atoms with Gasteiger partial charge in [-0.05, 0) is 19.1 Å². The number of para-hydroxylation sites is 2. The second kappa shape index (κ2) is 2.73. The number of aryl methyl sites for hydroxylation is 1. The smallest absolute Gasteiger partial charge is 0.248 e. The molecule has 0 amide bonds. The largest absolute Gasteiger partial charge is 0.314 e. The molecule has 0 saturated heterocycles. The summed E-state index contributed by atoms with van der Waals surface area (Å²) in [6.07, 6.45) is -0.605. The SMILES string of the molecule is Cc1nc2ccccc2n2c(F)nnc12. The van der Waals surface area contributed by atoms with Crippen LogP contribution in [0.2, 0.25) is 0 Å². The van der Waals surface area contributed by atoms with E-state index in [4.69, 9.17) is 0 Å². The van der Waals surface area contributed by atoms with Crippen molar-refractivity contribution in [3.63, 3.8) is 0 Å². The standard InChI is InChI=1S/C10H7FN4/c1-6-9-13-14-10(11)15(9)8-5-3-2-4-7(8)12-6/h2-5H,1H3. The van der Waals surface area contributed by atoms with Crippen molar-refractivity contribution in [1.82, 2.24) is 19.6 Å². The summed E-state index contributed by atoms with van der Waals surface area (Å²) in [7, 11) is 0. The van der Waals surface area contributed by atoms with Crippen molar-refractivity contribution in [1.29, 1.82) is 0 Å². The molecule has 4 nitrogen and oxygen atoms in total. The lowest BCUT2D eigenvalue weighted by Gasteiger charge is -2.02. The molecule has 0 N–H and O–H groups in total. The summed E-state index contributed by atoms with van der Waals surface area (Å²) in [5.74, 6) is 0. The van der Waals surface area contributed by atoms with Gasteiger partial charge in [0.25, 0.3) is 0 Å². The fourth-order valence-electron chi connectivity index (χ4n) is 1.69. The van der Waals surface area contributed by atoms with Gasteiger partial charge in [-0.3, -0.25) is 0 Å². The maximum atomic E-state index is 13.4. The Morgan fingerprint density at radius 1 is 1.20 bits per heavy atom. The first-order chi connectivity index (χ1) is 7.27. The lowest BCUT2D eigenvalue weighted by molar-refractivity contribution is 0.532. The molecule has 3 aromatic rings. The molecule has 0 bridgehead atoms. The molecule has 0 fully saturated rings. The van der Waals surface area contributed by atoms with Gasteiger partial charge in [-0.2, -0.15) is 4.39 Å². The molecule has 0 atom stereocenters. The van der Waals surface area contributed by atoms with Crippen LogP contribution >= 0.6 is 0 Å². The maximum Gasteiger partial charge on any atom is 0.314 e. The number of aromatic nitrogens is 4. The van der Waals surface area contributed by atoms with Crippen molar-refractivity contribution in [2.75, 3.05) is 0 Å². The van der Waals surface area contributed by atoms with Crippen LogP contribution in [0.3, 0.4) is 0 Å². The molecular formula is C10H7FN4. The molecule has 3 rings (SSSR count). The molecule has 0 spiro atoms. The zero-order valence-electron chi connectivity index (χ0n) is 7.98. The second-order valence-corrected chi connectivity index (χ2v) is 3.31. The topological polar surface area (TPSA) is 43.1 Å². The molecule has 0 saturated carbocycles. The summed E-state index contributed by atoms with van der Waals surface area (Å²) in [5.41, 5.74) is 2.55. The van der Waals surface area contributed by atoms with Gasteiger partial charge in [0, 0.05) is 0 Å².